The molecule has 0 rings (SSSR count). The van der Waals surface area contributed by atoms with Gasteiger partial charge in [0.15, 0.2) is 0 Å². The van der Waals surface area contributed by atoms with E-state index in [0.717, 1.165) is 0 Å². The van der Waals surface area contributed by atoms with Gasteiger partial charge >= 0.3 is 0 Å². The van der Waals surface area contributed by atoms with Crippen LogP contribution in [0.25, 0.3) is 0 Å². The molecule has 0 aliphatic heterocycles. The molecular formula is C5H4BrCl3O. The van der Waals surface area contributed by atoms with Crippen LogP contribution < -0.4 is 0 Å². The SMILES string of the molecule is C/C(C=O)=C(/Br)C(Cl)(Cl)Cl. The molecule has 0 bridgehead atoms. The Kier molecular flexibility index (Phi) is 4.26. The van der Waals surface area contributed by atoms with Crippen LogP contribution in [0, 0.1) is 0 Å². The highest BCUT2D eigenvalue weighted by Gasteiger charge is 2.25. The molecule has 0 aromatic carbocycles. The molecule has 10 heavy (non-hydrogen) atoms. The van der Waals surface area contributed by atoms with Gasteiger partial charge in [0.05, 0.1) is 4.48 Å². The Labute approximate surface area is 82.4 Å². The predicted molar refractivity (Wildman–Crippen MR) is 48.0 cm³/mol. The maximum Gasteiger partial charge on any atom is 0.222 e. The molecule has 0 aromatic rings. The van der Waals surface area contributed by atoms with Crippen LogP contribution in [0.2, 0.25) is 0 Å². The normalized spacial score (nSPS) is 14.5. The minimum atomic E-state index is -1.54. The Morgan fingerprint density at radius 2 is 1.90 bits per heavy atom. The lowest BCUT2D eigenvalue weighted by Crippen LogP contribution is -2.03. The molecule has 0 spiro atoms. The van der Waals surface area contributed by atoms with Gasteiger partial charge in [-0.2, -0.15) is 0 Å². The van der Waals surface area contributed by atoms with Crippen LogP contribution in [0.1, 0.15) is 6.92 Å². The molecule has 0 aliphatic rings. The van der Waals surface area contributed by atoms with Crippen molar-refractivity contribution in [1.82, 2.24) is 0 Å². The number of halogens is 4. The summed E-state index contributed by atoms with van der Waals surface area (Å²) < 4.78 is -1.26. The summed E-state index contributed by atoms with van der Waals surface area (Å²) in [7, 11) is 0. The van der Waals surface area contributed by atoms with Gasteiger partial charge in [-0.1, -0.05) is 50.7 Å². The molecule has 0 atom stereocenters. The summed E-state index contributed by atoms with van der Waals surface area (Å²) >= 11 is 19.2. The zero-order valence-corrected chi connectivity index (χ0v) is 8.85. The Morgan fingerprint density at radius 1 is 1.50 bits per heavy atom. The van der Waals surface area contributed by atoms with Crippen LogP contribution >= 0.6 is 50.7 Å². The van der Waals surface area contributed by atoms with Gasteiger partial charge in [0.1, 0.15) is 6.29 Å². The zero-order chi connectivity index (χ0) is 8.36. The van der Waals surface area contributed by atoms with Crippen molar-refractivity contribution in [3.8, 4) is 0 Å². The molecule has 0 aromatic heterocycles. The van der Waals surface area contributed by atoms with E-state index >= 15 is 0 Å². The van der Waals surface area contributed by atoms with Gasteiger partial charge in [-0.15, -0.1) is 0 Å². The van der Waals surface area contributed by atoms with Crippen LogP contribution in [-0.2, 0) is 4.79 Å². The topological polar surface area (TPSA) is 17.1 Å². The van der Waals surface area contributed by atoms with Crippen molar-refractivity contribution >= 4 is 57.0 Å². The molecule has 0 radical (unpaired) electrons. The van der Waals surface area contributed by atoms with Crippen LogP contribution in [0.5, 0.6) is 0 Å². The summed E-state index contributed by atoms with van der Waals surface area (Å²) in [5.74, 6) is 0. The van der Waals surface area contributed by atoms with Crippen molar-refractivity contribution in [2.75, 3.05) is 0 Å². The average Bonchev–Trinajstić information content (AvgIpc) is 1.83. The molecule has 1 nitrogen and oxygen atoms in total. The molecule has 0 aliphatic carbocycles. The third-order valence-corrected chi connectivity index (χ3v) is 3.24. The highest BCUT2D eigenvalue weighted by molar-refractivity contribution is 9.12. The number of hydrogen-bond acceptors (Lipinski definition) is 1. The van der Waals surface area contributed by atoms with Crippen molar-refractivity contribution in [2.24, 2.45) is 0 Å². The Bertz CT molecular complexity index is 170. The van der Waals surface area contributed by atoms with Crippen molar-refractivity contribution in [1.29, 1.82) is 0 Å². The average molecular weight is 266 g/mol. The Balaban J connectivity index is 4.63. The lowest BCUT2D eigenvalue weighted by atomic mass is 10.3. The maximum atomic E-state index is 10.1. The van der Waals surface area contributed by atoms with Crippen molar-refractivity contribution in [3.63, 3.8) is 0 Å². The first-order valence-corrected chi connectivity index (χ1v) is 4.21. The molecule has 0 saturated heterocycles. The number of alkyl halides is 3. The van der Waals surface area contributed by atoms with Crippen molar-refractivity contribution in [3.05, 3.63) is 10.1 Å². The summed E-state index contributed by atoms with van der Waals surface area (Å²) in [4.78, 5) is 10.1. The number of carbonyl (C=O) groups is 1. The second-order valence-electron chi connectivity index (χ2n) is 1.61. The van der Waals surface area contributed by atoms with E-state index in [1.165, 1.54) is 0 Å². The predicted octanol–water partition coefficient (Wildman–Crippen LogP) is 3.22. The molecule has 0 fully saturated rings. The second kappa shape index (κ2) is 3.96. The molecule has 0 amide bonds. The van der Waals surface area contributed by atoms with Gasteiger partial charge in [-0.3, -0.25) is 4.79 Å². The first-order valence-electron chi connectivity index (χ1n) is 2.28. The maximum absolute atomic E-state index is 10.1. The van der Waals surface area contributed by atoms with Crippen molar-refractivity contribution < 1.29 is 4.79 Å². The summed E-state index contributed by atoms with van der Waals surface area (Å²) in [6, 6.07) is 0. The summed E-state index contributed by atoms with van der Waals surface area (Å²) in [5, 5.41) is 0. The van der Waals surface area contributed by atoms with E-state index in [1.54, 1.807) is 6.92 Å². The number of carbonyl (C=O) groups excluding carboxylic acids is 1. The highest BCUT2D eigenvalue weighted by atomic mass is 79.9. The van der Waals surface area contributed by atoms with E-state index < -0.39 is 3.79 Å². The molecule has 0 saturated carbocycles. The van der Waals surface area contributed by atoms with Gasteiger partial charge < -0.3 is 0 Å². The third kappa shape index (κ3) is 3.24. The Hall–Kier alpha value is 0.760. The van der Waals surface area contributed by atoms with E-state index in [1.807, 2.05) is 0 Å². The van der Waals surface area contributed by atoms with E-state index in [4.69, 9.17) is 34.8 Å². The third-order valence-electron chi connectivity index (χ3n) is 0.772. The van der Waals surface area contributed by atoms with E-state index in [0.29, 0.717) is 11.9 Å². The van der Waals surface area contributed by atoms with E-state index in [9.17, 15) is 4.79 Å². The number of aldehydes is 1. The highest BCUT2D eigenvalue weighted by Crippen LogP contribution is 2.39. The fraction of sp³-hybridized carbons (Fsp3) is 0.400. The first-order chi connectivity index (χ1) is 4.39. The standard InChI is InChI=1S/C5H4BrCl3O/c1-3(2-10)4(6)5(7,8)9/h2H,1H3/b4-3-. The minimum Gasteiger partial charge on any atom is -0.298 e. The van der Waals surface area contributed by atoms with Crippen LogP contribution in [-0.4, -0.2) is 10.1 Å². The fourth-order valence-corrected chi connectivity index (χ4v) is 0.816. The van der Waals surface area contributed by atoms with Gasteiger partial charge in [-0.05, 0) is 6.92 Å². The fourth-order valence-electron chi connectivity index (χ4n) is 0.275. The van der Waals surface area contributed by atoms with Crippen molar-refractivity contribution in [2.45, 2.75) is 10.7 Å². The summed E-state index contributed by atoms with van der Waals surface area (Å²) in [6.07, 6.45) is 0.617. The van der Waals surface area contributed by atoms with E-state index in [2.05, 4.69) is 15.9 Å². The van der Waals surface area contributed by atoms with Gasteiger partial charge in [0.2, 0.25) is 3.79 Å². The van der Waals surface area contributed by atoms with Gasteiger partial charge in [0, 0.05) is 5.57 Å². The number of allylic oxidation sites excluding steroid dienone is 2. The van der Waals surface area contributed by atoms with Gasteiger partial charge in [-0.25, -0.2) is 0 Å². The van der Waals surface area contributed by atoms with Gasteiger partial charge in [0.25, 0.3) is 0 Å². The number of hydrogen-bond donors (Lipinski definition) is 0. The molecule has 5 heteroatoms. The van der Waals surface area contributed by atoms with Crippen LogP contribution in [0.4, 0.5) is 0 Å². The molecule has 0 unspecified atom stereocenters. The lowest BCUT2D eigenvalue weighted by molar-refractivity contribution is -0.104. The monoisotopic (exact) mass is 264 g/mol. The minimum absolute atomic E-state index is 0.278. The summed E-state index contributed by atoms with van der Waals surface area (Å²) in [5.41, 5.74) is 0.375. The molecular weight excluding hydrogens is 262 g/mol. The first kappa shape index (κ1) is 10.8. The number of rotatable bonds is 1. The molecule has 0 N–H and O–H groups in total. The van der Waals surface area contributed by atoms with Crippen LogP contribution in [0.15, 0.2) is 10.1 Å². The quantitative estimate of drug-likeness (QED) is 0.404. The second-order valence-corrected chi connectivity index (χ2v) is 4.69. The van der Waals surface area contributed by atoms with Crippen LogP contribution in [0.3, 0.4) is 0 Å². The lowest BCUT2D eigenvalue weighted by Gasteiger charge is -2.09. The molecule has 0 heterocycles. The largest absolute Gasteiger partial charge is 0.298 e. The summed E-state index contributed by atoms with van der Waals surface area (Å²) in [6.45, 7) is 1.55. The molecule has 58 valence electrons. The smallest absolute Gasteiger partial charge is 0.222 e. The van der Waals surface area contributed by atoms with E-state index in [-0.39, 0.29) is 4.48 Å². The Morgan fingerprint density at radius 3 is 2.00 bits per heavy atom. The zero-order valence-electron chi connectivity index (χ0n) is 5.00.